The summed E-state index contributed by atoms with van der Waals surface area (Å²) in [5, 5.41) is 0. The quantitative estimate of drug-likeness (QED) is 0.886. The molecular formula is C12H18F2N2O. The zero-order chi connectivity index (χ0) is 12.3. The summed E-state index contributed by atoms with van der Waals surface area (Å²) in [6.45, 7) is 0.583. The molecule has 0 aromatic carbocycles. The van der Waals surface area contributed by atoms with Crippen LogP contribution in [0.4, 0.5) is 8.78 Å². The number of alkyl halides is 2. The first-order valence-electron chi connectivity index (χ1n) is 6.13. The lowest BCUT2D eigenvalue weighted by molar-refractivity contribution is -0.0430. The molecule has 1 fully saturated rings. The van der Waals surface area contributed by atoms with Gasteiger partial charge in [-0.15, -0.1) is 0 Å². The summed E-state index contributed by atoms with van der Waals surface area (Å²) >= 11 is 0. The highest BCUT2D eigenvalue weighted by molar-refractivity contribution is 5.05. The van der Waals surface area contributed by atoms with Gasteiger partial charge in [0.2, 0.25) is 5.92 Å². The van der Waals surface area contributed by atoms with Crippen molar-refractivity contribution < 1.29 is 13.2 Å². The molecule has 96 valence electrons. The second-order valence-electron chi connectivity index (χ2n) is 4.70. The Morgan fingerprint density at radius 3 is 3.06 bits per heavy atom. The Morgan fingerprint density at radius 2 is 2.35 bits per heavy atom. The third kappa shape index (κ3) is 3.25. The molecule has 2 N–H and O–H groups in total. The molecular weight excluding hydrogens is 226 g/mol. The highest BCUT2D eigenvalue weighted by Gasteiger charge is 2.38. The maximum atomic E-state index is 13.3. The van der Waals surface area contributed by atoms with Crippen molar-refractivity contribution in [3.05, 3.63) is 17.8 Å². The standard InChI is InChI=1S/C12H18F2N2O/c13-12(14)5-1-3-9(7-12)10-8-16-11(17-10)4-2-6-15/h8-9H,1-7,15H2. The minimum Gasteiger partial charge on any atom is -0.445 e. The Bertz CT molecular complexity index is 365. The van der Waals surface area contributed by atoms with Gasteiger partial charge in [0, 0.05) is 25.2 Å². The molecule has 1 heterocycles. The maximum Gasteiger partial charge on any atom is 0.248 e. The Balaban J connectivity index is 1.99. The smallest absolute Gasteiger partial charge is 0.248 e. The second-order valence-corrected chi connectivity index (χ2v) is 4.70. The first kappa shape index (κ1) is 12.5. The first-order chi connectivity index (χ1) is 8.11. The van der Waals surface area contributed by atoms with Crippen molar-refractivity contribution in [2.45, 2.75) is 50.4 Å². The minimum atomic E-state index is -2.55. The molecule has 1 atom stereocenters. The van der Waals surface area contributed by atoms with Crippen LogP contribution in [-0.4, -0.2) is 17.5 Å². The van der Waals surface area contributed by atoms with E-state index >= 15 is 0 Å². The van der Waals surface area contributed by atoms with Crippen molar-refractivity contribution in [1.29, 1.82) is 0 Å². The van der Waals surface area contributed by atoms with E-state index in [0.717, 1.165) is 12.8 Å². The summed E-state index contributed by atoms with van der Waals surface area (Å²) in [4.78, 5) is 4.11. The normalized spacial score (nSPS) is 23.8. The molecule has 0 saturated heterocycles. The van der Waals surface area contributed by atoms with Gasteiger partial charge < -0.3 is 10.2 Å². The summed E-state index contributed by atoms with van der Waals surface area (Å²) in [5.41, 5.74) is 5.39. The number of nitrogens with zero attached hydrogens (tertiary/aromatic N) is 1. The number of nitrogens with two attached hydrogens (primary N) is 1. The Morgan fingerprint density at radius 1 is 1.53 bits per heavy atom. The maximum absolute atomic E-state index is 13.3. The van der Waals surface area contributed by atoms with Crippen molar-refractivity contribution in [3.8, 4) is 0 Å². The minimum absolute atomic E-state index is 0.00231. The van der Waals surface area contributed by atoms with E-state index in [1.807, 2.05) is 0 Å². The average molecular weight is 244 g/mol. The van der Waals surface area contributed by atoms with Crippen molar-refractivity contribution in [2.24, 2.45) is 5.73 Å². The van der Waals surface area contributed by atoms with Gasteiger partial charge in [-0.1, -0.05) is 0 Å². The van der Waals surface area contributed by atoms with Crippen LogP contribution in [-0.2, 0) is 6.42 Å². The molecule has 0 amide bonds. The van der Waals surface area contributed by atoms with Gasteiger partial charge in [0.05, 0.1) is 6.20 Å². The van der Waals surface area contributed by atoms with Crippen molar-refractivity contribution in [1.82, 2.24) is 4.98 Å². The van der Waals surface area contributed by atoms with Crippen molar-refractivity contribution in [2.75, 3.05) is 6.54 Å². The number of aromatic nitrogens is 1. The third-order valence-corrected chi connectivity index (χ3v) is 3.21. The van der Waals surface area contributed by atoms with Crippen LogP contribution in [0.3, 0.4) is 0 Å². The molecule has 17 heavy (non-hydrogen) atoms. The van der Waals surface area contributed by atoms with Gasteiger partial charge in [-0.05, 0) is 25.8 Å². The van der Waals surface area contributed by atoms with Crippen LogP contribution >= 0.6 is 0 Å². The lowest BCUT2D eigenvalue weighted by Gasteiger charge is -2.27. The fourth-order valence-electron chi connectivity index (χ4n) is 2.30. The fraction of sp³-hybridized carbons (Fsp3) is 0.750. The van der Waals surface area contributed by atoms with Gasteiger partial charge in [-0.25, -0.2) is 13.8 Å². The van der Waals surface area contributed by atoms with E-state index in [2.05, 4.69) is 4.98 Å². The Hall–Kier alpha value is -0.970. The third-order valence-electron chi connectivity index (χ3n) is 3.21. The largest absolute Gasteiger partial charge is 0.445 e. The number of oxazole rings is 1. The van der Waals surface area contributed by atoms with Crippen LogP contribution in [0, 0.1) is 0 Å². The zero-order valence-corrected chi connectivity index (χ0v) is 9.79. The van der Waals surface area contributed by atoms with Gasteiger partial charge in [0.25, 0.3) is 0 Å². The van der Waals surface area contributed by atoms with Crippen LogP contribution in [0.5, 0.6) is 0 Å². The monoisotopic (exact) mass is 244 g/mol. The summed E-state index contributed by atoms with van der Waals surface area (Å²) < 4.78 is 32.1. The molecule has 0 bridgehead atoms. The summed E-state index contributed by atoms with van der Waals surface area (Å²) in [5.74, 6) is -1.51. The molecule has 1 aliphatic rings. The van der Waals surface area contributed by atoms with E-state index in [-0.39, 0.29) is 18.8 Å². The van der Waals surface area contributed by atoms with Crippen molar-refractivity contribution >= 4 is 0 Å². The van der Waals surface area contributed by atoms with E-state index in [1.54, 1.807) is 6.20 Å². The number of hydrogen-bond donors (Lipinski definition) is 1. The van der Waals surface area contributed by atoms with Gasteiger partial charge in [-0.3, -0.25) is 0 Å². The van der Waals surface area contributed by atoms with E-state index in [9.17, 15) is 8.78 Å². The van der Waals surface area contributed by atoms with E-state index < -0.39 is 5.92 Å². The number of hydrogen-bond acceptors (Lipinski definition) is 3. The van der Waals surface area contributed by atoms with Crippen LogP contribution < -0.4 is 5.73 Å². The molecule has 5 heteroatoms. The second kappa shape index (κ2) is 5.12. The Labute approximate surface area is 99.4 Å². The first-order valence-corrected chi connectivity index (χ1v) is 6.13. The molecule has 0 radical (unpaired) electrons. The number of halogens is 2. The predicted octanol–water partition coefficient (Wildman–Crippen LogP) is 2.86. The molecule has 2 rings (SSSR count). The topological polar surface area (TPSA) is 52.0 Å². The lowest BCUT2D eigenvalue weighted by atomic mass is 9.85. The zero-order valence-electron chi connectivity index (χ0n) is 9.79. The molecule has 1 aromatic heterocycles. The van der Waals surface area contributed by atoms with E-state index in [0.29, 0.717) is 31.0 Å². The van der Waals surface area contributed by atoms with Crippen LogP contribution in [0.2, 0.25) is 0 Å². The van der Waals surface area contributed by atoms with Gasteiger partial charge in [0.1, 0.15) is 5.76 Å². The van der Waals surface area contributed by atoms with E-state index in [1.165, 1.54) is 0 Å². The highest BCUT2D eigenvalue weighted by Crippen LogP contribution is 2.41. The summed E-state index contributed by atoms with van der Waals surface area (Å²) in [6.07, 6.45) is 4.28. The van der Waals surface area contributed by atoms with Crippen molar-refractivity contribution in [3.63, 3.8) is 0 Å². The van der Waals surface area contributed by atoms with Crippen LogP contribution in [0.15, 0.2) is 10.6 Å². The number of rotatable bonds is 4. The Kier molecular flexibility index (Phi) is 3.76. The molecule has 3 nitrogen and oxygen atoms in total. The van der Waals surface area contributed by atoms with E-state index in [4.69, 9.17) is 10.2 Å². The van der Waals surface area contributed by atoms with Gasteiger partial charge >= 0.3 is 0 Å². The fourth-order valence-corrected chi connectivity index (χ4v) is 2.30. The summed E-state index contributed by atoms with van der Waals surface area (Å²) in [6, 6.07) is 0. The lowest BCUT2D eigenvalue weighted by Crippen LogP contribution is -2.24. The highest BCUT2D eigenvalue weighted by atomic mass is 19.3. The average Bonchev–Trinajstić information content (AvgIpc) is 2.73. The van der Waals surface area contributed by atoms with Gasteiger partial charge in [0.15, 0.2) is 5.89 Å². The molecule has 0 aliphatic heterocycles. The van der Waals surface area contributed by atoms with Crippen LogP contribution in [0.25, 0.3) is 0 Å². The summed E-state index contributed by atoms with van der Waals surface area (Å²) in [7, 11) is 0. The molecule has 0 spiro atoms. The molecule has 1 aromatic rings. The molecule has 1 unspecified atom stereocenters. The van der Waals surface area contributed by atoms with Gasteiger partial charge in [-0.2, -0.15) is 0 Å². The molecule has 1 aliphatic carbocycles. The predicted molar refractivity (Wildman–Crippen MR) is 60.0 cm³/mol. The SMILES string of the molecule is NCCCc1ncc(C2CCCC(F)(F)C2)o1. The van der Waals surface area contributed by atoms with Crippen LogP contribution in [0.1, 0.15) is 49.7 Å². The number of aryl methyl sites for hydroxylation is 1. The molecule has 1 saturated carbocycles.